The zero-order valence-electron chi connectivity index (χ0n) is 12.7. The Morgan fingerprint density at radius 1 is 1.22 bits per heavy atom. The van der Waals surface area contributed by atoms with Gasteiger partial charge < -0.3 is 19.7 Å². The second-order valence-corrected chi connectivity index (χ2v) is 6.09. The Balaban J connectivity index is 1.55. The van der Waals surface area contributed by atoms with Crippen molar-refractivity contribution in [3.63, 3.8) is 0 Å². The molecule has 0 aliphatic carbocycles. The lowest BCUT2D eigenvalue weighted by molar-refractivity contribution is 0.174. The van der Waals surface area contributed by atoms with Gasteiger partial charge in [0, 0.05) is 25.2 Å². The molecule has 1 N–H and O–H groups in total. The van der Waals surface area contributed by atoms with Gasteiger partial charge in [0.05, 0.1) is 0 Å². The number of fused-ring (bicyclic) bond motifs is 1. The Hall–Kier alpha value is -1.98. The number of hydrogen-bond acceptors (Lipinski definition) is 3. The van der Waals surface area contributed by atoms with Crippen LogP contribution in [-0.4, -0.2) is 23.9 Å². The van der Waals surface area contributed by atoms with Crippen molar-refractivity contribution in [2.75, 3.05) is 13.8 Å². The second kappa shape index (κ2) is 7.06. The van der Waals surface area contributed by atoms with Crippen molar-refractivity contribution in [3.8, 4) is 11.5 Å². The van der Waals surface area contributed by atoms with E-state index in [2.05, 4.69) is 5.32 Å². The summed E-state index contributed by atoms with van der Waals surface area (Å²) in [5.74, 6) is 1.56. The maximum atomic E-state index is 6.18. The minimum absolute atomic E-state index is 0.283. The molecule has 0 radical (unpaired) electrons. The fraction of sp³-hybridized carbons (Fsp3) is 0.235. The Morgan fingerprint density at radius 2 is 2.00 bits per heavy atom. The first kappa shape index (κ1) is 15.9. The summed E-state index contributed by atoms with van der Waals surface area (Å²) in [7, 11) is 1.94. The van der Waals surface area contributed by atoms with Gasteiger partial charge in [-0.1, -0.05) is 35.9 Å². The van der Waals surface area contributed by atoms with E-state index in [0.29, 0.717) is 18.2 Å². The molecule has 23 heavy (non-hydrogen) atoms. The third-order valence-corrected chi connectivity index (χ3v) is 4.42. The van der Waals surface area contributed by atoms with Crippen molar-refractivity contribution in [1.82, 2.24) is 10.2 Å². The monoisotopic (exact) mass is 348 g/mol. The van der Waals surface area contributed by atoms with E-state index in [1.165, 1.54) is 0 Å². The molecule has 2 aromatic rings. The van der Waals surface area contributed by atoms with Gasteiger partial charge in [-0.2, -0.15) is 0 Å². The van der Waals surface area contributed by atoms with Crippen LogP contribution in [0.15, 0.2) is 42.5 Å². The lowest BCUT2D eigenvalue weighted by atomic mass is 10.2. The molecule has 120 valence electrons. The van der Waals surface area contributed by atoms with Crippen LogP contribution < -0.4 is 14.8 Å². The predicted molar refractivity (Wildman–Crippen MR) is 94.9 cm³/mol. The normalized spacial score (nSPS) is 12.1. The van der Waals surface area contributed by atoms with Crippen LogP contribution >= 0.6 is 23.8 Å². The summed E-state index contributed by atoms with van der Waals surface area (Å²) in [6.07, 6.45) is 0. The molecule has 0 saturated carbocycles. The van der Waals surface area contributed by atoms with E-state index in [1.54, 1.807) is 0 Å². The zero-order chi connectivity index (χ0) is 16.2. The molecule has 1 aliphatic heterocycles. The van der Waals surface area contributed by atoms with Crippen LogP contribution in [-0.2, 0) is 13.1 Å². The Labute approximate surface area is 146 Å². The van der Waals surface area contributed by atoms with Gasteiger partial charge in [0.25, 0.3) is 0 Å². The first-order chi connectivity index (χ1) is 11.1. The molecule has 0 spiro atoms. The fourth-order valence-electron chi connectivity index (χ4n) is 2.32. The smallest absolute Gasteiger partial charge is 0.231 e. The van der Waals surface area contributed by atoms with Crippen molar-refractivity contribution in [2.45, 2.75) is 13.1 Å². The van der Waals surface area contributed by atoms with Crippen molar-refractivity contribution < 1.29 is 9.47 Å². The van der Waals surface area contributed by atoms with Gasteiger partial charge >= 0.3 is 0 Å². The molecule has 0 bridgehead atoms. The average molecular weight is 349 g/mol. The maximum absolute atomic E-state index is 6.18. The van der Waals surface area contributed by atoms with Gasteiger partial charge in [0.1, 0.15) is 0 Å². The lowest BCUT2D eigenvalue weighted by Gasteiger charge is -2.21. The summed E-state index contributed by atoms with van der Waals surface area (Å²) < 4.78 is 10.7. The molecule has 0 aromatic heterocycles. The van der Waals surface area contributed by atoms with E-state index in [4.69, 9.17) is 33.3 Å². The van der Waals surface area contributed by atoms with E-state index in [0.717, 1.165) is 27.6 Å². The summed E-state index contributed by atoms with van der Waals surface area (Å²) in [6.45, 7) is 1.57. The largest absolute Gasteiger partial charge is 0.454 e. The average Bonchev–Trinajstić information content (AvgIpc) is 3.02. The summed E-state index contributed by atoms with van der Waals surface area (Å²) in [5.41, 5.74) is 2.13. The van der Waals surface area contributed by atoms with Crippen LogP contribution in [0, 0.1) is 0 Å². The van der Waals surface area contributed by atoms with Crippen LogP contribution in [0.1, 0.15) is 11.1 Å². The highest BCUT2D eigenvalue weighted by molar-refractivity contribution is 7.80. The number of nitrogens with zero attached hydrogens (tertiary/aromatic N) is 1. The standard InChI is InChI=1S/C17H17ClN2O2S/c1-20(10-13-4-2-3-5-14(13)18)17(23)19-9-12-6-7-15-16(8-12)22-11-21-15/h2-8H,9-11H2,1H3,(H,19,23). The van der Waals surface area contributed by atoms with Gasteiger partial charge in [-0.25, -0.2) is 0 Å². The molecule has 4 nitrogen and oxygen atoms in total. The Morgan fingerprint density at radius 3 is 2.83 bits per heavy atom. The summed E-state index contributed by atoms with van der Waals surface area (Å²) in [6, 6.07) is 13.6. The molecule has 0 unspecified atom stereocenters. The molecule has 3 rings (SSSR count). The first-order valence-corrected chi connectivity index (χ1v) is 8.03. The summed E-state index contributed by atoms with van der Waals surface area (Å²) in [4.78, 5) is 1.96. The molecule has 1 heterocycles. The van der Waals surface area contributed by atoms with Crippen molar-refractivity contribution in [2.24, 2.45) is 0 Å². The summed E-state index contributed by atoms with van der Waals surface area (Å²) in [5, 5.41) is 4.66. The minimum Gasteiger partial charge on any atom is -0.454 e. The number of ether oxygens (including phenoxy) is 2. The SMILES string of the molecule is CN(Cc1ccccc1Cl)C(=S)NCc1ccc2c(c1)OCO2. The van der Waals surface area contributed by atoms with Crippen molar-refractivity contribution in [1.29, 1.82) is 0 Å². The Bertz CT molecular complexity index is 723. The highest BCUT2D eigenvalue weighted by atomic mass is 35.5. The van der Waals surface area contributed by atoms with Gasteiger partial charge in [0.2, 0.25) is 6.79 Å². The number of nitrogens with one attached hydrogen (secondary N) is 1. The van der Waals surface area contributed by atoms with E-state index < -0.39 is 0 Å². The van der Waals surface area contributed by atoms with E-state index in [9.17, 15) is 0 Å². The molecule has 0 saturated heterocycles. The highest BCUT2D eigenvalue weighted by Crippen LogP contribution is 2.32. The molecular formula is C17H17ClN2O2S. The molecule has 1 aliphatic rings. The molecule has 0 atom stereocenters. The lowest BCUT2D eigenvalue weighted by Crippen LogP contribution is -2.36. The second-order valence-electron chi connectivity index (χ2n) is 5.29. The van der Waals surface area contributed by atoms with Gasteiger partial charge in [0.15, 0.2) is 16.6 Å². The number of hydrogen-bond donors (Lipinski definition) is 1. The number of rotatable bonds is 4. The number of thiocarbonyl (C=S) groups is 1. The third-order valence-electron chi connectivity index (χ3n) is 3.59. The highest BCUT2D eigenvalue weighted by Gasteiger charge is 2.13. The van der Waals surface area contributed by atoms with Crippen molar-refractivity contribution in [3.05, 3.63) is 58.6 Å². The van der Waals surface area contributed by atoms with Crippen molar-refractivity contribution >= 4 is 28.9 Å². The van der Waals surface area contributed by atoms with E-state index in [1.807, 2.05) is 54.4 Å². The van der Waals surface area contributed by atoms with Crippen LogP contribution in [0.4, 0.5) is 0 Å². The predicted octanol–water partition coefficient (Wildman–Crippen LogP) is 3.58. The fourth-order valence-corrected chi connectivity index (χ4v) is 2.65. The molecule has 2 aromatic carbocycles. The number of halogens is 1. The van der Waals surface area contributed by atoms with Gasteiger partial charge in [-0.15, -0.1) is 0 Å². The third kappa shape index (κ3) is 3.86. The minimum atomic E-state index is 0.283. The quantitative estimate of drug-likeness (QED) is 0.854. The van der Waals surface area contributed by atoms with E-state index >= 15 is 0 Å². The Kier molecular flexibility index (Phi) is 4.88. The summed E-state index contributed by atoms with van der Waals surface area (Å²) >= 11 is 11.6. The maximum Gasteiger partial charge on any atom is 0.231 e. The van der Waals surface area contributed by atoms with E-state index in [-0.39, 0.29) is 6.79 Å². The van der Waals surface area contributed by atoms with Crippen LogP contribution in [0.2, 0.25) is 5.02 Å². The zero-order valence-corrected chi connectivity index (χ0v) is 14.3. The molecule has 0 amide bonds. The van der Waals surface area contributed by atoms with Gasteiger partial charge in [-0.05, 0) is 41.5 Å². The number of benzene rings is 2. The van der Waals surface area contributed by atoms with Crippen LogP contribution in [0.5, 0.6) is 11.5 Å². The van der Waals surface area contributed by atoms with Gasteiger partial charge in [-0.3, -0.25) is 0 Å². The first-order valence-electron chi connectivity index (χ1n) is 7.24. The van der Waals surface area contributed by atoms with Crippen LogP contribution in [0.25, 0.3) is 0 Å². The van der Waals surface area contributed by atoms with Crippen LogP contribution in [0.3, 0.4) is 0 Å². The molecule has 0 fully saturated rings. The topological polar surface area (TPSA) is 33.7 Å². The molecular weight excluding hydrogens is 332 g/mol. The molecule has 6 heteroatoms.